The molecule has 0 spiro atoms. The second-order valence-corrected chi connectivity index (χ2v) is 6.64. The fraction of sp³-hybridized carbons (Fsp3) is 0.400. The van der Waals surface area contributed by atoms with E-state index in [1.54, 1.807) is 25.0 Å². The zero-order valence-electron chi connectivity index (χ0n) is 16.2. The molecule has 1 aliphatic heterocycles. The SMILES string of the molecule is COc1cccc(CCNC(=O)c2cc(N3CCN(C=O)CC3)nc(C)n2)c1. The number of methoxy groups -OCH3 is 1. The van der Waals surface area contributed by atoms with Crippen molar-refractivity contribution in [3.63, 3.8) is 0 Å². The molecule has 3 rings (SSSR count). The maximum absolute atomic E-state index is 12.5. The molecule has 0 atom stereocenters. The maximum atomic E-state index is 12.5. The standard InChI is InChI=1S/C20H25N5O3/c1-15-22-18(13-19(23-15)25-10-8-24(14-26)9-11-25)20(27)21-7-6-16-4-3-5-17(12-16)28-2/h3-5,12-14H,6-11H2,1-2H3,(H,21,27). The normalized spacial score (nSPS) is 13.9. The maximum Gasteiger partial charge on any atom is 0.270 e. The first-order valence-corrected chi connectivity index (χ1v) is 9.30. The molecule has 2 amide bonds. The van der Waals surface area contributed by atoms with Crippen molar-refractivity contribution < 1.29 is 14.3 Å². The quantitative estimate of drug-likeness (QED) is 0.719. The zero-order chi connectivity index (χ0) is 19.9. The Morgan fingerprint density at radius 1 is 1.21 bits per heavy atom. The Bertz CT molecular complexity index is 834. The second kappa shape index (κ2) is 9.16. The number of hydrogen-bond donors (Lipinski definition) is 1. The van der Waals surface area contributed by atoms with Gasteiger partial charge in [-0.15, -0.1) is 0 Å². The van der Waals surface area contributed by atoms with Gasteiger partial charge >= 0.3 is 0 Å². The smallest absolute Gasteiger partial charge is 0.270 e. The van der Waals surface area contributed by atoms with Gasteiger partial charge in [0.1, 0.15) is 23.1 Å². The number of piperazine rings is 1. The molecule has 2 aromatic rings. The molecule has 0 unspecified atom stereocenters. The number of aromatic nitrogens is 2. The van der Waals surface area contributed by atoms with Crippen molar-refractivity contribution in [1.29, 1.82) is 0 Å². The number of hydrogen-bond acceptors (Lipinski definition) is 6. The zero-order valence-corrected chi connectivity index (χ0v) is 16.2. The average Bonchev–Trinajstić information content (AvgIpc) is 2.73. The van der Waals surface area contributed by atoms with Gasteiger partial charge in [0, 0.05) is 38.8 Å². The molecule has 1 fully saturated rings. The number of nitrogens with zero attached hydrogens (tertiary/aromatic N) is 4. The van der Waals surface area contributed by atoms with Crippen LogP contribution in [0.1, 0.15) is 21.9 Å². The summed E-state index contributed by atoms with van der Waals surface area (Å²) in [7, 11) is 1.63. The van der Waals surface area contributed by atoms with E-state index in [1.165, 1.54) is 0 Å². The molecule has 148 valence electrons. The number of anilines is 1. The fourth-order valence-electron chi connectivity index (χ4n) is 3.13. The van der Waals surface area contributed by atoms with Crippen LogP contribution in [-0.4, -0.2) is 67.0 Å². The van der Waals surface area contributed by atoms with E-state index in [9.17, 15) is 9.59 Å². The summed E-state index contributed by atoms with van der Waals surface area (Å²) < 4.78 is 5.22. The van der Waals surface area contributed by atoms with E-state index in [1.807, 2.05) is 24.3 Å². The summed E-state index contributed by atoms with van der Waals surface area (Å²) >= 11 is 0. The van der Waals surface area contributed by atoms with Crippen molar-refractivity contribution in [3.05, 3.63) is 47.4 Å². The summed E-state index contributed by atoms with van der Waals surface area (Å²) in [5.74, 6) is 1.85. The number of aryl methyl sites for hydroxylation is 1. The monoisotopic (exact) mass is 383 g/mol. The Labute approximate surface area is 164 Å². The van der Waals surface area contributed by atoms with Crippen LogP contribution in [0.15, 0.2) is 30.3 Å². The van der Waals surface area contributed by atoms with Crippen LogP contribution in [0.25, 0.3) is 0 Å². The van der Waals surface area contributed by atoms with Gasteiger partial charge in [-0.1, -0.05) is 12.1 Å². The van der Waals surface area contributed by atoms with Gasteiger partial charge in [-0.25, -0.2) is 9.97 Å². The minimum absolute atomic E-state index is 0.221. The number of ether oxygens (including phenoxy) is 1. The molecule has 0 bridgehead atoms. The fourth-order valence-corrected chi connectivity index (χ4v) is 3.13. The Balaban J connectivity index is 1.60. The Morgan fingerprint density at radius 3 is 2.71 bits per heavy atom. The molecule has 1 saturated heterocycles. The van der Waals surface area contributed by atoms with E-state index in [0.29, 0.717) is 50.7 Å². The van der Waals surface area contributed by atoms with Crippen LogP contribution >= 0.6 is 0 Å². The lowest BCUT2D eigenvalue weighted by Crippen LogP contribution is -2.46. The third-order valence-corrected chi connectivity index (χ3v) is 4.68. The van der Waals surface area contributed by atoms with Crippen LogP contribution < -0.4 is 15.0 Å². The molecule has 8 heteroatoms. The number of benzene rings is 1. The lowest BCUT2D eigenvalue weighted by molar-refractivity contribution is -0.118. The van der Waals surface area contributed by atoms with Gasteiger partial charge in [0.2, 0.25) is 6.41 Å². The van der Waals surface area contributed by atoms with Crippen molar-refractivity contribution in [3.8, 4) is 5.75 Å². The van der Waals surface area contributed by atoms with E-state index in [-0.39, 0.29) is 5.91 Å². The van der Waals surface area contributed by atoms with Crippen LogP contribution in [0, 0.1) is 6.92 Å². The number of carbonyl (C=O) groups excluding carboxylic acids is 2. The topological polar surface area (TPSA) is 87.7 Å². The van der Waals surface area contributed by atoms with Crippen molar-refractivity contribution in [2.75, 3.05) is 44.7 Å². The Morgan fingerprint density at radius 2 is 2.00 bits per heavy atom. The highest BCUT2D eigenvalue weighted by atomic mass is 16.5. The highest BCUT2D eigenvalue weighted by molar-refractivity contribution is 5.93. The summed E-state index contributed by atoms with van der Waals surface area (Å²) in [6, 6.07) is 9.49. The predicted octanol–water partition coefficient (Wildman–Crippen LogP) is 1.04. The molecular weight excluding hydrogens is 358 g/mol. The van der Waals surface area contributed by atoms with E-state index in [4.69, 9.17) is 4.74 Å². The average molecular weight is 383 g/mol. The molecule has 1 aromatic carbocycles. The Kier molecular flexibility index (Phi) is 6.41. The van der Waals surface area contributed by atoms with Gasteiger partial charge in [-0.2, -0.15) is 0 Å². The highest BCUT2D eigenvalue weighted by Gasteiger charge is 2.19. The minimum atomic E-state index is -0.221. The lowest BCUT2D eigenvalue weighted by atomic mass is 10.1. The number of rotatable bonds is 7. The van der Waals surface area contributed by atoms with Gasteiger partial charge in [0.15, 0.2) is 0 Å². The summed E-state index contributed by atoms with van der Waals surface area (Å²) in [6.07, 6.45) is 1.57. The second-order valence-electron chi connectivity index (χ2n) is 6.64. The number of carbonyl (C=O) groups is 2. The summed E-state index contributed by atoms with van der Waals surface area (Å²) in [5, 5.41) is 2.92. The Hall–Kier alpha value is -3.16. The summed E-state index contributed by atoms with van der Waals surface area (Å²) in [5.41, 5.74) is 1.44. The summed E-state index contributed by atoms with van der Waals surface area (Å²) in [4.78, 5) is 35.9. The molecular formula is C20H25N5O3. The van der Waals surface area contributed by atoms with Crippen molar-refractivity contribution in [2.24, 2.45) is 0 Å². The molecule has 0 aliphatic carbocycles. The van der Waals surface area contributed by atoms with Gasteiger partial charge < -0.3 is 19.9 Å². The first-order valence-electron chi connectivity index (χ1n) is 9.30. The van der Waals surface area contributed by atoms with Crippen LogP contribution in [-0.2, 0) is 11.2 Å². The van der Waals surface area contributed by atoms with Gasteiger partial charge in [0.25, 0.3) is 5.91 Å². The third kappa shape index (κ3) is 4.97. The largest absolute Gasteiger partial charge is 0.497 e. The predicted molar refractivity (Wildman–Crippen MR) is 106 cm³/mol. The van der Waals surface area contributed by atoms with E-state index < -0.39 is 0 Å². The lowest BCUT2D eigenvalue weighted by Gasteiger charge is -2.33. The minimum Gasteiger partial charge on any atom is -0.497 e. The first-order chi connectivity index (χ1) is 13.6. The van der Waals surface area contributed by atoms with Crippen LogP contribution in [0.4, 0.5) is 5.82 Å². The molecule has 1 aliphatic rings. The molecule has 1 aromatic heterocycles. The van der Waals surface area contributed by atoms with Crippen molar-refractivity contribution >= 4 is 18.1 Å². The molecule has 28 heavy (non-hydrogen) atoms. The number of nitrogens with one attached hydrogen (secondary N) is 1. The van der Waals surface area contributed by atoms with Gasteiger partial charge in [-0.05, 0) is 31.0 Å². The molecule has 0 saturated carbocycles. The summed E-state index contributed by atoms with van der Waals surface area (Å²) in [6.45, 7) is 4.95. The molecule has 1 N–H and O–H groups in total. The van der Waals surface area contributed by atoms with Crippen molar-refractivity contribution in [1.82, 2.24) is 20.2 Å². The van der Waals surface area contributed by atoms with Crippen LogP contribution in [0.2, 0.25) is 0 Å². The van der Waals surface area contributed by atoms with E-state index in [0.717, 1.165) is 23.5 Å². The number of amides is 2. The van der Waals surface area contributed by atoms with E-state index >= 15 is 0 Å². The highest BCUT2D eigenvalue weighted by Crippen LogP contribution is 2.15. The van der Waals surface area contributed by atoms with Crippen LogP contribution in [0.3, 0.4) is 0 Å². The van der Waals surface area contributed by atoms with Gasteiger partial charge in [0.05, 0.1) is 7.11 Å². The molecule has 8 nitrogen and oxygen atoms in total. The molecule has 2 heterocycles. The van der Waals surface area contributed by atoms with Crippen molar-refractivity contribution in [2.45, 2.75) is 13.3 Å². The van der Waals surface area contributed by atoms with Gasteiger partial charge in [-0.3, -0.25) is 9.59 Å². The van der Waals surface area contributed by atoms with Crippen LogP contribution in [0.5, 0.6) is 5.75 Å². The molecule has 0 radical (unpaired) electrons. The first kappa shape index (κ1) is 19.6. The third-order valence-electron chi connectivity index (χ3n) is 4.68. The van der Waals surface area contributed by atoms with E-state index in [2.05, 4.69) is 20.2 Å².